The number of aromatic nitrogens is 1. The quantitative estimate of drug-likeness (QED) is 0.901. The first kappa shape index (κ1) is 17.1. The molecule has 1 aliphatic heterocycles. The van der Waals surface area contributed by atoms with Crippen molar-refractivity contribution in [2.24, 2.45) is 0 Å². The van der Waals surface area contributed by atoms with Gasteiger partial charge in [0.25, 0.3) is 0 Å². The number of nitrogens with zero attached hydrogens (tertiary/aromatic N) is 2. The first-order valence-electron chi connectivity index (χ1n) is 8.67. The molecule has 1 saturated heterocycles. The lowest BCUT2D eigenvalue weighted by molar-refractivity contribution is 0.198. The van der Waals surface area contributed by atoms with Crippen LogP contribution in [0.1, 0.15) is 24.9 Å². The maximum absolute atomic E-state index is 12.6. The summed E-state index contributed by atoms with van der Waals surface area (Å²) in [7, 11) is 0. The largest absolute Gasteiger partial charge is 0.370 e. The zero-order chi connectivity index (χ0) is 17.6. The molecule has 2 amide bonds. The minimum Gasteiger partial charge on any atom is -0.370 e. The highest BCUT2D eigenvalue weighted by Gasteiger charge is 2.20. The number of amides is 2. The third-order valence-corrected chi connectivity index (χ3v) is 4.54. The number of urea groups is 1. The Balaban J connectivity index is 1.58. The van der Waals surface area contributed by atoms with Crippen LogP contribution in [0.25, 0.3) is 0 Å². The Labute approximate surface area is 147 Å². The Bertz CT molecular complexity index is 759. The fraction of sp³-hybridized carbons (Fsp3) is 0.368. The molecule has 6 nitrogen and oxygen atoms in total. The van der Waals surface area contributed by atoms with Gasteiger partial charge < -0.3 is 20.1 Å². The molecular formula is C19H24N4O2. The Morgan fingerprint density at radius 3 is 2.68 bits per heavy atom. The van der Waals surface area contributed by atoms with E-state index in [0.717, 1.165) is 31.6 Å². The smallest absolute Gasteiger partial charge is 0.317 e. The van der Waals surface area contributed by atoms with Crippen LogP contribution in [0.4, 0.5) is 10.5 Å². The van der Waals surface area contributed by atoms with Crippen LogP contribution in [-0.4, -0.2) is 42.1 Å². The highest BCUT2D eigenvalue weighted by atomic mass is 16.2. The first-order chi connectivity index (χ1) is 12.1. The Morgan fingerprint density at radius 1 is 1.12 bits per heavy atom. The third kappa shape index (κ3) is 4.41. The summed E-state index contributed by atoms with van der Waals surface area (Å²) in [4.78, 5) is 30.7. The maximum atomic E-state index is 12.6. The van der Waals surface area contributed by atoms with Gasteiger partial charge in [-0.3, -0.25) is 4.79 Å². The number of H-pyrrole nitrogens is 1. The van der Waals surface area contributed by atoms with Gasteiger partial charge in [0.05, 0.1) is 6.04 Å². The molecule has 1 atom stereocenters. The molecule has 0 bridgehead atoms. The van der Waals surface area contributed by atoms with Gasteiger partial charge in [-0.1, -0.05) is 18.2 Å². The van der Waals surface area contributed by atoms with Crippen molar-refractivity contribution in [1.82, 2.24) is 15.2 Å². The van der Waals surface area contributed by atoms with E-state index in [1.807, 2.05) is 36.1 Å². The molecule has 3 rings (SSSR count). The summed E-state index contributed by atoms with van der Waals surface area (Å²) in [5, 5.41) is 2.99. The number of rotatable bonds is 3. The highest BCUT2D eigenvalue weighted by molar-refractivity contribution is 5.74. The van der Waals surface area contributed by atoms with Crippen molar-refractivity contribution in [2.75, 3.05) is 31.1 Å². The zero-order valence-electron chi connectivity index (χ0n) is 14.4. The van der Waals surface area contributed by atoms with E-state index in [-0.39, 0.29) is 17.6 Å². The van der Waals surface area contributed by atoms with E-state index >= 15 is 0 Å². The van der Waals surface area contributed by atoms with Crippen molar-refractivity contribution >= 4 is 11.7 Å². The van der Waals surface area contributed by atoms with Gasteiger partial charge in [-0.2, -0.15) is 0 Å². The molecule has 1 unspecified atom stereocenters. The molecule has 1 aromatic carbocycles. The van der Waals surface area contributed by atoms with Crippen LogP contribution in [0.2, 0.25) is 0 Å². The average molecular weight is 340 g/mol. The molecule has 2 N–H and O–H groups in total. The molecule has 6 heteroatoms. The molecule has 1 fully saturated rings. The van der Waals surface area contributed by atoms with Gasteiger partial charge in [-0.05, 0) is 37.1 Å². The van der Waals surface area contributed by atoms with Crippen LogP contribution in [-0.2, 0) is 0 Å². The average Bonchev–Trinajstić information content (AvgIpc) is 2.88. The second-order valence-corrected chi connectivity index (χ2v) is 6.32. The molecular weight excluding hydrogens is 316 g/mol. The van der Waals surface area contributed by atoms with Gasteiger partial charge >= 0.3 is 6.03 Å². The van der Waals surface area contributed by atoms with Crippen molar-refractivity contribution in [3.8, 4) is 0 Å². The molecule has 25 heavy (non-hydrogen) atoms. The van der Waals surface area contributed by atoms with Crippen LogP contribution in [0.5, 0.6) is 0 Å². The molecule has 2 aromatic rings. The number of pyridine rings is 1. The van der Waals surface area contributed by atoms with Gasteiger partial charge in [-0.15, -0.1) is 0 Å². The monoisotopic (exact) mass is 340 g/mol. The SMILES string of the molecule is CC(NC(=O)N1CCCN(c2ccccc2)CC1)c1cc[nH]c(=O)c1. The highest BCUT2D eigenvalue weighted by Crippen LogP contribution is 2.16. The summed E-state index contributed by atoms with van der Waals surface area (Å²) in [5.74, 6) is 0. The number of benzene rings is 1. The van der Waals surface area contributed by atoms with Crippen molar-refractivity contribution in [1.29, 1.82) is 0 Å². The number of hydrogen-bond donors (Lipinski definition) is 2. The molecule has 0 radical (unpaired) electrons. The van der Waals surface area contributed by atoms with Crippen molar-refractivity contribution in [2.45, 2.75) is 19.4 Å². The topological polar surface area (TPSA) is 68.4 Å². The molecule has 1 aromatic heterocycles. The second-order valence-electron chi connectivity index (χ2n) is 6.32. The molecule has 0 saturated carbocycles. The van der Waals surface area contributed by atoms with Crippen LogP contribution in [0.3, 0.4) is 0 Å². The maximum Gasteiger partial charge on any atom is 0.317 e. The van der Waals surface area contributed by atoms with Crippen molar-refractivity contribution < 1.29 is 4.79 Å². The summed E-state index contributed by atoms with van der Waals surface area (Å²) in [5.41, 5.74) is 1.84. The molecule has 132 valence electrons. The van der Waals surface area contributed by atoms with Crippen LogP contribution < -0.4 is 15.8 Å². The molecule has 0 aliphatic carbocycles. The van der Waals surface area contributed by atoms with E-state index in [2.05, 4.69) is 27.3 Å². The van der Waals surface area contributed by atoms with Gasteiger partial charge in [0.2, 0.25) is 5.56 Å². The predicted octanol–water partition coefficient (Wildman–Crippen LogP) is 2.36. The zero-order valence-corrected chi connectivity index (χ0v) is 14.4. The Morgan fingerprint density at radius 2 is 1.92 bits per heavy atom. The Kier molecular flexibility index (Phi) is 5.38. The fourth-order valence-corrected chi connectivity index (χ4v) is 3.11. The van der Waals surface area contributed by atoms with E-state index in [0.29, 0.717) is 6.54 Å². The molecule has 1 aliphatic rings. The summed E-state index contributed by atoms with van der Waals surface area (Å²) >= 11 is 0. The predicted molar refractivity (Wildman–Crippen MR) is 98.9 cm³/mol. The number of para-hydroxylation sites is 1. The Hall–Kier alpha value is -2.76. The number of anilines is 1. The van der Waals surface area contributed by atoms with E-state index < -0.39 is 0 Å². The number of nitrogens with one attached hydrogen (secondary N) is 2. The molecule has 0 spiro atoms. The van der Waals surface area contributed by atoms with Gasteiger partial charge in [0.1, 0.15) is 0 Å². The van der Waals surface area contributed by atoms with Gasteiger partial charge in [0.15, 0.2) is 0 Å². The summed E-state index contributed by atoms with van der Waals surface area (Å²) in [6.45, 7) is 5.06. The number of carbonyl (C=O) groups is 1. The lowest BCUT2D eigenvalue weighted by atomic mass is 10.1. The van der Waals surface area contributed by atoms with E-state index in [1.54, 1.807) is 6.20 Å². The lowest BCUT2D eigenvalue weighted by Gasteiger charge is -2.25. The first-order valence-corrected chi connectivity index (χ1v) is 8.67. The number of aromatic amines is 1. The summed E-state index contributed by atoms with van der Waals surface area (Å²) < 4.78 is 0. The minimum absolute atomic E-state index is 0.0808. The van der Waals surface area contributed by atoms with Gasteiger partial charge in [0, 0.05) is 44.1 Å². The molecule has 2 heterocycles. The normalized spacial score (nSPS) is 16.2. The van der Waals surface area contributed by atoms with E-state index in [1.165, 1.54) is 11.8 Å². The third-order valence-electron chi connectivity index (χ3n) is 4.54. The van der Waals surface area contributed by atoms with Crippen molar-refractivity contribution in [3.05, 3.63) is 64.6 Å². The number of carbonyl (C=O) groups excluding carboxylic acids is 1. The summed E-state index contributed by atoms with van der Waals surface area (Å²) in [6, 6.07) is 13.3. The van der Waals surface area contributed by atoms with Crippen LogP contribution >= 0.6 is 0 Å². The minimum atomic E-state index is -0.205. The van der Waals surface area contributed by atoms with Crippen molar-refractivity contribution in [3.63, 3.8) is 0 Å². The van der Waals surface area contributed by atoms with Crippen LogP contribution in [0.15, 0.2) is 53.5 Å². The second kappa shape index (κ2) is 7.88. The van der Waals surface area contributed by atoms with E-state index in [4.69, 9.17) is 0 Å². The van der Waals surface area contributed by atoms with Gasteiger partial charge in [-0.25, -0.2) is 4.79 Å². The van der Waals surface area contributed by atoms with Crippen LogP contribution in [0, 0.1) is 0 Å². The fourth-order valence-electron chi connectivity index (χ4n) is 3.11. The number of hydrogen-bond acceptors (Lipinski definition) is 3. The lowest BCUT2D eigenvalue weighted by Crippen LogP contribution is -2.43. The summed E-state index contributed by atoms with van der Waals surface area (Å²) in [6.07, 6.45) is 2.53. The van der Waals surface area contributed by atoms with E-state index in [9.17, 15) is 9.59 Å². The standard InChI is InChI=1S/C19H24N4O2/c1-15(16-8-9-20-18(24)14-16)21-19(25)23-11-5-10-22(12-13-23)17-6-3-2-4-7-17/h2-4,6-9,14-15H,5,10-13H2,1H3,(H,20,24)(H,21,25).